The molecule has 1 aliphatic carbocycles. The monoisotopic (exact) mass is 296 g/mol. The highest BCUT2D eigenvalue weighted by molar-refractivity contribution is 5.80. The minimum Gasteiger partial charge on any atom is -0.465 e. The van der Waals surface area contributed by atoms with Crippen LogP contribution in [0.2, 0.25) is 0 Å². The molecule has 1 unspecified atom stereocenters. The van der Waals surface area contributed by atoms with Gasteiger partial charge in [-0.25, -0.2) is 0 Å². The number of ether oxygens (including phenoxy) is 1. The van der Waals surface area contributed by atoms with Crippen LogP contribution in [-0.4, -0.2) is 48.7 Å². The standard InChI is InChI=1S/C17H32N2O2/c1-5-21-16(20)17(4,18-15-6-7-15)12-19-10-8-14(9-11-19)13(2)3/h13-15,18H,5-12H2,1-4H3. The van der Waals surface area contributed by atoms with E-state index in [0.717, 1.165) is 31.5 Å². The summed E-state index contributed by atoms with van der Waals surface area (Å²) < 4.78 is 5.31. The van der Waals surface area contributed by atoms with Crippen LogP contribution >= 0.6 is 0 Å². The number of likely N-dealkylation sites (tertiary alicyclic amines) is 1. The Labute approximate surface area is 129 Å². The van der Waals surface area contributed by atoms with Gasteiger partial charge in [0, 0.05) is 12.6 Å². The second kappa shape index (κ2) is 7.10. The normalized spacial score (nSPS) is 24.0. The fourth-order valence-corrected chi connectivity index (χ4v) is 3.36. The van der Waals surface area contributed by atoms with Gasteiger partial charge in [0.1, 0.15) is 5.54 Å². The van der Waals surface area contributed by atoms with E-state index >= 15 is 0 Å². The van der Waals surface area contributed by atoms with Crippen LogP contribution in [-0.2, 0) is 9.53 Å². The number of piperidine rings is 1. The van der Waals surface area contributed by atoms with Crippen LogP contribution in [0.15, 0.2) is 0 Å². The maximum absolute atomic E-state index is 12.4. The molecule has 1 saturated heterocycles. The van der Waals surface area contributed by atoms with Crippen LogP contribution < -0.4 is 5.32 Å². The first-order valence-electron chi connectivity index (χ1n) is 8.62. The van der Waals surface area contributed by atoms with Gasteiger partial charge in [-0.2, -0.15) is 0 Å². The number of carbonyl (C=O) groups is 1. The van der Waals surface area contributed by atoms with Crippen molar-refractivity contribution in [3.8, 4) is 0 Å². The van der Waals surface area contributed by atoms with Gasteiger partial charge in [-0.05, 0) is 64.5 Å². The van der Waals surface area contributed by atoms with E-state index in [0.29, 0.717) is 12.6 Å². The largest absolute Gasteiger partial charge is 0.465 e. The molecule has 1 atom stereocenters. The Bertz CT molecular complexity index is 347. The summed E-state index contributed by atoms with van der Waals surface area (Å²) in [7, 11) is 0. The first-order chi connectivity index (χ1) is 9.94. The van der Waals surface area contributed by atoms with Crippen LogP contribution in [0.4, 0.5) is 0 Å². The lowest BCUT2D eigenvalue weighted by Gasteiger charge is -2.39. The summed E-state index contributed by atoms with van der Waals surface area (Å²) >= 11 is 0. The van der Waals surface area contributed by atoms with Crippen molar-refractivity contribution < 1.29 is 9.53 Å². The molecule has 0 aromatic rings. The van der Waals surface area contributed by atoms with Crippen LogP contribution in [0.25, 0.3) is 0 Å². The van der Waals surface area contributed by atoms with Gasteiger partial charge in [0.05, 0.1) is 6.61 Å². The topological polar surface area (TPSA) is 41.6 Å². The lowest BCUT2D eigenvalue weighted by molar-refractivity contribution is -0.151. The van der Waals surface area contributed by atoms with E-state index in [2.05, 4.69) is 24.1 Å². The summed E-state index contributed by atoms with van der Waals surface area (Å²) in [6.45, 7) is 12.0. The molecule has 0 aromatic carbocycles. The van der Waals surface area contributed by atoms with E-state index in [1.54, 1.807) is 0 Å². The zero-order chi connectivity index (χ0) is 15.5. The van der Waals surface area contributed by atoms with Crippen molar-refractivity contribution in [3.05, 3.63) is 0 Å². The SMILES string of the molecule is CCOC(=O)C(C)(CN1CCC(C(C)C)CC1)NC1CC1. The minimum absolute atomic E-state index is 0.0946. The molecule has 1 aliphatic heterocycles. The summed E-state index contributed by atoms with van der Waals surface area (Å²) in [5, 5.41) is 3.52. The van der Waals surface area contributed by atoms with Gasteiger partial charge in [0.25, 0.3) is 0 Å². The predicted molar refractivity (Wildman–Crippen MR) is 85.2 cm³/mol. The average Bonchev–Trinajstić information content (AvgIpc) is 3.23. The van der Waals surface area contributed by atoms with E-state index in [1.165, 1.54) is 25.7 Å². The molecule has 4 nitrogen and oxygen atoms in total. The Morgan fingerprint density at radius 2 is 1.90 bits per heavy atom. The number of hydrogen-bond acceptors (Lipinski definition) is 4. The molecule has 2 rings (SSSR count). The first-order valence-corrected chi connectivity index (χ1v) is 8.62. The Balaban J connectivity index is 1.91. The van der Waals surface area contributed by atoms with Gasteiger partial charge in [0.2, 0.25) is 0 Å². The highest BCUT2D eigenvalue weighted by Gasteiger charge is 2.41. The molecule has 4 heteroatoms. The number of hydrogen-bond donors (Lipinski definition) is 1. The number of rotatable bonds is 7. The lowest BCUT2D eigenvalue weighted by atomic mass is 9.86. The third-order valence-electron chi connectivity index (χ3n) is 4.94. The van der Waals surface area contributed by atoms with E-state index in [1.807, 2.05) is 13.8 Å². The van der Waals surface area contributed by atoms with Gasteiger partial charge >= 0.3 is 5.97 Å². The molecule has 1 heterocycles. The molecule has 21 heavy (non-hydrogen) atoms. The Kier molecular flexibility index (Phi) is 5.67. The molecule has 1 N–H and O–H groups in total. The summed E-state index contributed by atoms with van der Waals surface area (Å²) in [5.41, 5.74) is -0.554. The first kappa shape index (κ1) is 16.8. The summed E-state index contributed by atoms with van der Waals surface area (Å²) in [6, 6.07) is 0.507. The fourth-order valence-electron chi connectivity index (χ4n) is 3.36. The lowest BCUT2D eigenvalue weighted by Crippen LogP contribution is -2.59. The highest BCUT2D eigenvalue weighted by atomic mass is 16.5. The van der Waals surface area contributed by atoms with Crippen molar-refractivity contribution in [1.29, 1.82) is 0 Å². The smallest absolute Gasteiger partial charge is 0.327 e. The van der Waals surface area contributed by atoms with Crippen molar-refractivity contribution in [2.24, 2.45) is 11.8 Å². The Morgan fingerprint density at radius 3 is 2.38 bits per heavy atom. The maximum Gasteiger partial charge on any atom is 0.327 e. The van der Waals surface area contributed by atoms with Gasteiger partial charge in [-0.3, -0.25) is 10.1 Å². The molecule has 1 saturated carbocycles. The van der Waals surface area contributed by atoms with Crippen molar-refractivity contribution in [2.45, 2.75) is 65.0 Å². The van der Waals surface area contributed by atoms with Crippen molar-refractivity contribution >= 4 is 5.97 Å². The number of esters is 1. The average molecular weight is 296 g/mol. The zero-order valence-electron chi connectivity index (χ0n) is 14.2. The summed E-state index contributed by atoms with van der Waals surface area (Å²) in [5.74, 6) is 1.52. The fraction of sp³-hybridized carbons (Fsp3) is 0.941. The quantitative estimate of drug-likeness (QED) is 0.733. The molecule has 0 bridgehead atoms. The van der Waals surface area contributed by atoms with E-state index in [9.17, 15) is 4.79 Å². The van der Waals surface area contributed by atoms with Crippen LogP contribution in [0.3, 0.4) is 0 Å². The number of nitrogens with zero attached hydrogens (tertiary/aromatic N) is 1. The van der Waals surface area contributed by atoms with Gasteiger partial charge < -0.3 is 9.64 Å². The Morgan fingerprint density at radius 1 is 1.29 bits per heavy atom. The van der Waals surface area contributed by atoms with E-state index in [4.69, 9.17) is 4.74 Å². The van der Waals surface area contributed by atoms with Crippen molar-refractivity contribution in [2.75, 3.05) is 26.2 Å². The highest BCUT2D eigenvalue weighted by Crippen LogP contribution is 2.27. The summed E-state index contributed by atoms with van der Waals surface area (Å²) in [4.78, 5) is 14.8. The molecule has 2 fully saturated rings. The molecule has 2 aliphatic rings. The molecule has 0 radical (unpaired) electrons. The van der Waals surface area contributed by atoms with Crippen LogP contribution in [0.5, 0.6) is 0 Å². The zero-order valence-corrected chi connectivity index (χ0v) is 14.2. The number of carbonyl (C=O) groups excluding carboxylic acids is 1. The predicted octanol–water partition coefficient (Wildman–Crippen LogP) is 2.43. The number of nitrogens with one attached hydrogen (secondary N) is 1. The second-order valence-electron chi connectivity index (χ2n) is 7.33. The van der Waals surface area contributed by atoms with Crippen molar-refractivity contribution in [3.63, 3.8) is 0 Å². The van der Waals surface area contributed by atoms with Crippen LogP contribution in [0, 0.1) is 11.8 Å². The van der Waals surface area contributed by atoms with Crippen LogP contribution in [0.1, 0.15) is 53.4 Å². The third kappa shape index (κ3) is 4.68. The molecule has 0 amide bonds. The molecular weight excluding hydrogens is 264 g/mol. The van der Waals surface area contributed by atoms with Gasteiger partial charge in [-0.15, -0.1) is 0 Å². The second-order valence-corrected chi connectivity index (χ2v) is 7.33. The third-order valence-corrected chi connectivity index (χ3v) is 4.94. The van der Waals surface area contributed by atoms with Gasteiger partial charge in [-0.1, -0.05) is 13.8 Å². The molecular formula is C17H32N2O2. The van der Waals surface area contributed by atoms with Gasteiger partial charge in [0.15, 0.2) is 0 Å². The minimum atomic E-state index is -0.554. The molecule has 0 spiro atoms. The summed E-state index contributed by atoms with van der Waals surface area (Å²) in [6.07, 6.45) is 4.87. The Hall–Kier alpha value is -0.610. The molecule has 0 aromatic heterocycles. The van der Waals surface area contributed by atoms with E-state index in [-0.39, 0.29) is 5.97 Å². The molecule has 122 valence electrons. The maximum atomic E-state index is 12.4. The van der Waals surface area contributed by atoms with Crippen molar-refractivity contribution in [1.82, 2.24) is 10.2 Å². The van der Waals surface area contributed by atoms with E-state index < -0.39 is 5.54 Å².